The summed E-state index contributed by atoms with van der Waals surface area (Å²) in [5.41, 5.74) is 2.42. The first-order valence-electron chi connectivity index (χ1n) is 7.22. The van der Waals surface area contributed by atoms with E-state index in [0.29, 0.717) is 12.6 Å². The zero-order chi connectivity index (χ0) is 14.4. The highest BCUT2D eigenvalue weighted by atomic mass is 16.5. The molecule has 0 aliphatic heterocycles. The first-order chi connectivity index (χ1) is 9.70. The third kappa shape index (κ3) is 4.05. The highest BCUT2D eigenvalue weighted by Gasteiger charge is 2.26. The molecule has 0 radical (unpaired) electrons. The van der Waals surface area contributed by atoms with Crippen LogP contribution < -0.4 is 5.32 Å². The summed E-state index contributed by atoms with van der Waals surface area (Å²) in [4.78, 5) is 11.1. The molecule has 0 spiro atoms. The SMILES string of the molecule is COCc1ccccc1CNC1CCCC(C(=O)O)C1. The zero-order valence-corrected chi connectivity index (χ0v) is 12.0. The highest BCUT2D eigenvalue weighted by Crippen LogP contribution is 2.24. The summed E-state index contributed by atoms with van der Waals surface area (Å²) in [6.45, 7) is 1.39. The number of hydrogen-bond donors (Lipinski definition) is 2. The topological polar surface area (TPSA) is 58.6 Å². The van der Waals surface area contributed by atoms with Gasteiger partial charge in [0.05, 0.1) is 12.5 Å². The first kappa shape index (κ1) is 15.0. The van der Waals surface area contributed by atoms with Crippen molar-refractivity contribution in [2.24, 2.45) is 5.92 Å². The van der Waals surface area contributed by atoms with Crippen molar-refractivity contribution in [3.8, 4) is 0 Å². The molecule has 20 heavy (non-hydrogen) atoms. The quantitative estimate of drug-likeness (QED) is 0.839. The Morgan fingerprint density at radius 3 is 2.80 bits per heavy atom. The van der Waals surface area contributed by atoms with Crippen LogP contribution in [0.15, 0.2) is 24.3 Å². The third-order valence-electron chi connectivity index (χ3n) is 4.02. The first-order valence-corrected chi connectivity index (χ1v) is 7.22. The number of methoxy groups -OCH3 is 1. The van der Waals surface area contributed by atoms with Crippen LogP contribution in [0.4, 0.5) is 0 Å². The van der Waals surface area contributed by atoms with E-state index < -0.39 is 5.97 Å². The van der Waals surface area contributed by atoms with E-state index in [2.05, 4.69) is 17.4 Å². The largest absolute Gasteiger partial charge is 0.481 e. The van der Waals surface area contributed by atoms with Crippen LogP contribution in [0, 0.1) is 5.92 Å². The van der Waals surface area contributed by atoms with Crippen LogP contribution in [-0.4, -0.2) is 24.2 Å². The van der Waals surface area contributed by atoms with Crippen LogP contribution in [-0.2, 0) is 22.7 Å². The van der Waals surface area contributed by atoms with E-state index in [1.54, 1.807) is 7.11 Å². The molecule has 1 fully saturated rings. The molecule has 1 saturated carbocycles. The van der Waals surface area contributed by atoms with Crippen molar-refractivity contribution in [1.82, 2.24) is 5.32 Å². The summed E-state index contributed by atoms with van der Waals surface area (Å²) in [5, 5.41) is 12.6. The third-order valence-corrected chi connectivity index (χ3v) is 4.02. The maximum absolute atomic E-state index is 11.1. The summed E-state index contributed by atoms with van der Waals surface area (Å²) in [6, 6.07) is 8.51. The zero-order valence-electron chi connectivity index (χ0n) is 12.0. The van der Waals surface area contributed by atoms with Gasteiger partial charge in [-0.15, -0.1) is 0 Å². The van der Waals surface area contributed by atoms with Gasteiger partial charge in [-0.25, -0.2) is 0 Å². The summed E-state index contributed by atoms with van der Waals surface area (Å²) in [5.74, 6) is -0.841. The smallest absolute Gasteiger partial charge is 0.306 e. The average Bonchev–Trinajstić information content (AvgIpc) is 2.47. The highest BCUT2D eigenvalue weighted by molar-refractivity contribution is 5.70. The van der Waals surface area contributed by atoms with E-state index in [9.17, 15) is 4.79 Å². The van der Waals surface area contributed by atoms with Gasteiger partial charge >= 0.3 is 5.97 Å². The Balaban J connectivity index is 1.90. The molecule has 1 aliphatic carbocycles. The summed E-state index contributed by atoms with van der Waals surface area (Å²) >= 11 is 0. The van der Waals surface area contributed by atoms with Crippen LogP contribution in [0.25, 0.3) is 0 Å². The number of ether oxygens (including phenoxy) is 1. The van der Waals surface area contributed by atoms with Crippen molar-refractivity contribution in [3.63, 3.8) is 0 Å². The Labute approximate surface area is 120 Å². The summed E-state index contributed by atoms with van der Waals surface area (Å²) in [6.07, 6.45) is 3.61. The summed E-state index contributed by atoms with van der Waals surface area (Å²) in [7, 11) is 1.70. The Bertz CT molecular complexity index is 447. The number of nitrogens with one attached hydrogen (secondary N) is 1. The molecule has 2 N–H and O–H groups in total. The average molecular weight is 277 g/mol. The summed E-state index contributed by atoms with van der Waals surface area (Å²) < 4.78 is 5.20. The van der Waals surface area contributed by atoms with E-state index in [1.807, 2.05) is 12.1 Å². The van der Waals surface area contributed by atoms with Gasteiger partial charge in [-0.1, -0.05) is 30.7 Å². The second-order valence-electron chi connectivity index (χ2n) is 5.48. The van der Waals surface area contributed by atoms with Crippen LogP contribution in [0.3, 0.4) is 0 Å². The van der Waals surface area contributed by atoms with Gasteiger partial charge in [0, 0.05) is 19.7 Å². The van der Waals surface area contributed by atoms with E-state index in [0.717, 1.165) is 32.2 Å². The fourth-order valence-electron chi connectivity index (χ4n) is 2.88. The lowest BCUT2D eigenvalue weighted by Crippen LogP contribution is -2.36. The lowest BCUT2D eigenvalue weighted by atomic mass is 9.85. The van der Waals surface area contributed by atoms with Crippen molar-refractivity contribution >= 4 is 5.97 Å². The van der Waals surface area contributed by atoms with Crippen molar-refractivity contribution < 1.29 is 14.6 Å². The molecule has 4 heteroatoms. The Morgan fingerprint density at radius 1 is 1.35 bits per heavy atom. The number of aliphatic carboxylic acids is 1. The van der Waals surface area contributed by atoms with Crippen molar-refractivity contribution in [3.05, 3.63) is 35.4 Å². The van der Waals surface area contributed by atoms with E-state index >= 15 is 0 Å². The molecule has 0 amide bonds. The molecule has 0 bridgehead atoms. The predicted molar refractivity (Wildman–Crippen MR) is 77.4 cm³/mol. The molecule has 2 atom stereocenters. The lowest BCUT2D eigenvalue weighted by Gasteiger charge is -2.27. The fourth-order valence-corrected chi connectivity index (χ4v) is 2.88. The van der Waals surface area contributed by atoms with E-state index in [4.69, 9.17) is 9.84 Å². The molecule has 110 valence electrons. The van der Waals surface area contributed by atoms with Gasteiger partial charge in [-0.2, -0.15) is 0 Å². The molecule has 0 saturated heterocycles. The number of carbonyl (C=O) groups is 1. The molecule has 1 aromatic carbocycles. The van der Waals surface area contributed by atoms with Crippen LogP contribution in [0.5, 0.6) is 0 Å². The number of carboxylic acid groups (broad SMARTS) is 1. The molecule has 2 rings (SSSR count). The maximum Gasteiger partial charge on any atom is 0.306 e. The molecule has 1 aliphatic rings. The molecule has 4 nitrogen and oxygen atoms in total. The second-order valence-corrected chi connectivity index (χ2v) is 5.48. The van der Waals surface area contributed by atoms with Crippen LogP contribution >= 0.6 is 0 Å². The minimum absolute atomic E-state index is 0.185. The van der Waals surface area contributed by atoms with Crippen LogP contribution in [0.1, 0.15) is 36.8 Å². The fraction of sp³-hybridized carbons (Fsp3) is 0.562. The molecule has 2 unspecified atom stereocenters. The van der Waals surface area contributed by atoms with Gasteiger partial charge in [-0.3, -0.25) is 4.79 Å². The van der Waals surface area contributed by atoms with Gasteiger partial charge in [0.25, 0.3) is 0 Å². The van der Waals surface area contributed by atoms with Gasteiger partial charge in [0.1, 0.15) is 0 Å². The van der Waals surface area contributed by atoms with Gasteiger partial charge in [-0.05, 0) is 30.4 Å². The molecular formula is C16H23NO3. The van der Waals surface area contributed by atoms with E-state index in [-0.39, 0.29) is 5.92 Å². The van der Waals surface area contributed by atoms with Crippen molar-refractivity contribution in [2.45, 2.75) is 44.9 Å². The second kappa shape index (κ2) is 7.41. The number of rotatable bonds is 6. The molecule has 0 heterocycles. The van der Waals surface area contributed by atoms with Crippen molar-refractivity contribution in [1.29, 1.82) is 0 Å². The number of carboxylic acids is 1. The van der Waals surface area contributed by atoms with Crippen molar-refractivity contribution in [2.75, 3.05) is 7.11 Å². The minimum atomic E-state index is -0.656. The molecular weight excluding hydrogens is 254 g/mol. The monoisotopic (exact) mass is 277 g/mol. The van der Waals surface area contributed by atoms with Gasteiger partial charge in [0.15, 0.2) is 0 Å². The standard InChI is InChI=1S/C16H23NO3/c1-20-11-14-6-3-2-5-13(14)10-17-15-8-4-7-12(9-15)16(18)19/h2-3,5-6,12,15,17H,4,7-11H2,1H3,(H,18,19). The minimum Gasteiger partial charge on any atom is -0.481 e. The normalized spacial score (nSPS) is 22.6. The van der Waals surface area contributed by atoms with E-state index in [1.165, 1.54) is 11.1 Å². The Morgan fingerprint density at radius 2 is 2.10 bits per heavy atom. The number of hydrogen-bond acceptors (Lipinski definition) is 3. The van der Waals surface area contributed by atoms with Gasteiger partial charge < -0.3 is 15.2 Å². The maximum atomic E-state index is 11.1. The number of benzene rings is 1. The molecule has 1 aromatic rings. The Hall–Kier alpha value is -1.39. The molecule has 0 aromatic heterocycles. The Kier molecular flexibility index (Phi) is 5.56. The van der Waals surface area contributed by atoms with Gasteiger partial charge in [0.2, 0.25) is 0 Å². The predicted octanol–water partition coefficient (Wildman–Crippen LogP) is 2.57. The lowest BCUT2D eigenvalue weighted by molar-refractivity contribution is -0.143. The van der Waals surface area contributed by atoms with Crippen LogP contribution in [0.2, 0.25) is 0 Å².